The highest BCUT2D eigenvalue weighted by Crippen LogP contribution is 2.36. The summed E-state index contributed by atoms with van der Waals surface area (Å²) in [6.07, 6.45) is 2.88. The van der Waals surface area contributed by atoms with Crippen molar-refractivity contribution < 1.29 is 18.3 Å². The van der Waals surface area contributed by atoms with E-state index in [1.165, 1.54) is 0 Å². The smallest absolute Gasteiger partial charge is 0.251 e. The molecule has 0 radical (unpaired) electrons. The number of hydrogen-bond donors (Lipinski definition) is 3. The van der Waals surface area contributed by atoms with E-state index in [1.54, 1.807) is 24.4 Å². The average molecular weight is 417 g/mol. The van der Waals surface area contributed by atoms with E-state index in [2.05, 4.69) is 15.3 Å². The minimum absolute atomic E-state index is 0.0255. The molecule has 1 aromatic carbocycles. The second-order valence-corrected chi connectivity index (χ2v) is 9.54. The fourth-order valence-electron chi connectivity index (χ4n) is 3.06. The van der Waals surface area contributed by atoms with E-state index in [4.69, 9.17) is 0 Å². The van der Waals surface area contributed by atoms with Gasteiger partial charge in [0.1, 0.15) is 9.84 Å². The number of carbonyl (C=O) groups is 1. The zero-order valence-corrected chi connectivity index (χ0v) is 17.4. The van der Waals surface area contributed by atoms with Gasteiger partial charge in [-0.05, 0) is 43.9 Å². The van der Waals surface area contributed by atoms with Crippen LogP contribution in [0.25, 0.3) is 22.2 Å². The summed E-state index contributed by atoms with van der Waals surface area (Å²) >= 11 is 0. The standard InChI is InChI=1S/C20H24N4O4S/c1-24(2)12-13-4-6-17(22-11-13)18-15-10-14(5-7-16(15)23-20(18)26)19(25)21-8-9-29(3,27)28/h4-7,10-11,23,26H,8-9,12H2,1-3H3,(H,21,25). The summed E-state index contributed by atoms with van der Waals surface area (Å²) in [4.78, 5) is 21.8. The maximum atomic E-state index is 12.4. The maximum Gasteiger partial charge on any atom is 0.251 e. The first-order valence-corrected chi connectivity index (χ1v) is 11.1. The summed E-state index contributed by atoms with van der Waals surface area (Å²) in [6.45, 7) is 0.792. The van der Waals surface area contributed by atoms with Crippen molar-refractivity contribution in [1.82, 2.24) is 20.2 Å². The fraction of sp³-hybridized carbons (Fsp3) is 0.300. The van der Waals surface area contributed by atoms with Crippen LogP contribution in [0.5, 0.6) is 5.88 Å². The quantitative estimate of drug-likeness (QED) is 0.541. The van der Waals surface area contributed by atoms with Crippen molar-refractivity contribution in [3.63, 3.8) is 0 Å². The molecule has 3 N–H and O–H groups in total. The zero-order valence-electron chi connectivity index (χ0n) is 16.6. The molecule has 1 amide bonds. The molecule has 3 aromatic rings. The molecule has 0 aliphatic rings. The van der Waals surface area contributed by atoms with Gasteiger partial charge in [-0.15, -0.1) is 0 Å². The Labute approximate surface area is 169 Å². The van der Waals surface area contributed by atoms with E-state index >= 15 is 0 Å². The number of amides is 1. The van der Waals surface area contributed by atoms with E-state index in [0.717, 1.165) is 18.4 Å². The normalized spacial score (nSPS) is 11.9. The van der Waals surface area contributed by atoms with Gasteiger partial charge in [-0.3, -0.25) is 9.78 Å². The van der Waals surface area contributed by atoms with Gasteiger partial charge >= 0.3 is 0 Å². The van der Waals surface area contributed by atoms with Crippen LogP contribution in [0.1, 0.15) is 15.9 Å². The maximum absolute atomic E-state index is 12.4. The van der Waals surface area contributed by atoms with Crippen LogP contribution in [-0.2, 0) is 16.4 Å². The number of rotatable bonds is 7. The third-order valence-corrected chi connectivity index (χ3v) is 5.32. The number of benzene rings is 1. The summed E-state index contributed by atoms with van der Waals surface area (Å²) in [5.74, 6) is -0.528. The van der Waals surface area contributed by atoms with Crippen molar-refractivity contribution in [3.05, 3.63) is 47.7 Å². The summed E-state index contributed by atoms with van der Waals surface area (Å²) in [6, 6.07) is 8.75. The molecule has 0 aliphatic heterocycles. The summed E-state index contributed by atoms with van der Waals surface area (Å²) in [5.41, 5.74) is 3.19. The van der Waals surface area contributed by atoms with Crippen LogP contribution < -0.4 is 5.32 Å². The van der Waals surface area contributed by atoms with Crippen molar-refractivity contribution >= 4 is 26.6 Å². The Hall–Kier alpha value is -2.91. The first-order chi connectivity index (χ1) is 13.6. The number of sulfone groups is 1. The Bertz CT molecular complexity index is 1140. The molecule has 0 spiro atoms. The molecule has 29 heavy (non-hydrogen) atoms. The van der Waals surface area contributed by atoms with Gasteiger partial charge in [-0.2, -0.15) is 0 Å². The predicted molar refractivity (Wildman–Crippen MR) is 113 cm³/mol. The lowest BCUT2D eigenvalue weighted by atomic mass is 10.1. The van der Waals surface area contributed by atoms with Crippen LogP contribution in [0.2, 0.25) is 0 Å². The minimum atomic E-state index is -3.15. The number of aromatic nitrogens is 2. The minimum Gasteiger partial charge on any atom is -0.494 e. The lowest BCUT2D eigenvalue weighted by Crippen LogP contribution is -2.28. The fourth-order valence-corrected chi connectivity index (χ4v) is 3.53. The van der Waals surface area contributed by atoms with E-state index < -0.39 is 9.84 Å². The van der Waals surface area contributed by atoms with Gasteiger partial charge in [0, 0.05) is 42.0 Å². The third kappa shape index (κ3) is 5.12. The Morgan fingerprint density at radius 3 is 2.62 bits per heavy atom. The highest BCUT2D eigenvalue weighted by Gasteiger charge is 2.16. The Morgan fingerprint density at radius 1 is 1.24 bits per heavy atom. The largest absolute Gasteiger partial charge is 0.494 e. The molecule has 0 saturated heterocycles. The Balaban J connectivity index is 1.89. The van der Waals surface area contributed by atoms with E-state index in [-0.39, 0.29) is 24.1 Å². The summed E-state index contributed by atoms with van der Waals surface area (Å²) < 4.78 is 22.4. The second kappa shape index (κ2) is 8.22. The molecule has 0 saturated carbocycles. The first kappa shape index (κ1) is 20.8. The van der Waals surface area contributed by atoms with Crippen molar-refractivity contribution in [2.24, 2.45) is 0 Å². The van der Waals surface area contributed by atoms with Crippen molar-refractivity contribution in [1.29, 1.82) is 0 Å². The average Bonchev–Trinajstić information content (AvgIpc) is 2.95. The number of nitrogens with one attached hydrogen (secondary N) is 2. The lowest BCUT2D eigenvalue weighted by molar-refractivity contribution is 0.0956. The molecule has 8 nitrogen and oxygen atoms in total. The lowest BCUT2D eigenvalue weighted by Gasteiger charge is -2.09. The van der Waals surface area contributed by atoms with Crippen LogP contribution in [0.4, 0.5) is 0 Å². The number of fused-ring (bicyclic) bond motifs is 1. The highest BCUT2D eigenvalue weighted by atomic mass is 32.2. The number of hydrogen-bond acceptors (Lipinski definition) is 6. The third-order valence-electron chi connectivity index (χ3n) is 4.38. The molecule has 2 aromatic heterocycles. The van der Waals surface area contributed by atoms with E-state index in [9.17, 15) is 18.3 Å². The van der Waals surface area contributed by atoms with Crippen molar-refractivity contribution in [2.45, 2.75) is 6.54 Å². The Kier molecular flexibility index (Phi) is 5.90. The molecule has 2 heterocycles. The molecular formula is C20H24N4O4S. The van der Waals surface area contributed by atoms with Gasteiger partial charge in [0.2, 0.25) is 0 Å². The van der Waals surface area contributed by atoms with E-state index in [1.807, 2.05) is 31.1 Å². The number of carbonyl (C=O) groups excluding carboxylic acids is 1. The first-order valence-electron chi connectivity index (χ1n) is 9.04. The number of aromatic amines is 1. The van der Waals surface area contributed by atoms with E-state index in [0.29, 0.717) is 27.7 Å². The SMILES string of the molecule is CN(C)Cc1ccc(-c2c(O)[nH]c3ccc(C(=O)NCCS(C)(=O)=O)cc23)nc1. The van der Waals surface area contributed by atoms with Gasteiger partial charge in [0.05, 0.1) is 17.0 Å². The number of aromatic hydroxyl groups is 1. The van der Waals surface area contributed by atoms with Crippen molar-refractivity contribution in [2.75, 3.05) is 32.6 Å². The summed E-state index contributed by atoms with van der Waals surface area (Å²) in [7, 11) is 0.797. The topological polar surface area (TPSA) is 115 Å². The molecule has 3 rings (SSSR count). The van der Waals surface area contributed by atoms with Crippen LogP contribution in [-0.4, -0.2) is 66.9 Å². The van der Waals surface area contributed by atoms with Gasteiger partial charge in [-0.1, -0.05) is 6.07 Å². The molecule has 0 atom stereocenters. The number of pyridine rings is 1. The van der Waals surface area contributed by atoms with Gasteiger partial charge in [0.15, 0.2) is 5.88 Å². The molecule has 0 fully saturated rings. The highest BCUT2D eigenvalue weighted by molar-refractivity contribution is 7.90. The summed E-state index contributed by atoms with van der Waals surface area (Å²) in [5, 5.41) is 13.7. The number of nitrogens with zero attached hydrogens (tertiary/aromatic N) is 2. The second-order valence-electron chi connectivity index (χ2n) is 7.28. The molecule has 154 valence electrons. The Morgan fingerprint density at radius 2 is 2.00 bits per heavy atom. The molecular weight excluding hydrogens is 392 g/mol. The van der Waals surface area contributed by atoms with Gasteiger partial charge in [-0.25, -0.2) is 8.42 Å². The number of H-pyrrole nitrogens is 1. The van der Waals surface area contributed by atoms with Crippen LogP contribution >= 0.6 is 0 Å². The monoisotopic (exact) mass is 416 g/mol. The van der Waals surface area contributed by atoms with Gasteiger partial charge < -0.3 is 20.3 Å². The molecule has 0 aliphatic carbocycles. The van der Waals surface area contributed by atoms with Gasteiger partial charge in [0.25, 0.3) is 5.91 Å². The molecule has 0 unspecified atom stereocenters. The van der Waals surface area contributed by atoms with Crippen LogP contribution in [0, 0.1) is 0 Å². The zero-order chi connectivity index (χ0) is 21.2. The van der Waals surface area contributed by atoms with Crippen LogP contribution in [0.15, 0.2) is 36.5 Å². The predicted octanol–water partition coefficient (Wildman–Crippen LogP) is 1.77. The van der Waals surface area contributed by atoms with Crippen LogP contribution in [0.3, 0.4) is 0 Å². The molecule has 9 heteroatoms. The molecule has 0 bridgehead atoms. The van der Waals surface area contributed by atoms with Crippen molar-refractivity contribution in [3.8, 4) is 17.1 Å².